The Bertz CT molecular complexity index is 840. The van der Waals surface area contributed by atoms with Crippen LogP contribution >= 0.6 is 22.7 Å². The van der Waals surface area contributed by atoms with Gasteiger partial charge in [-0.25, -0.2) is 4.98 Å². The average Bonchev–Trinajstić information content (AvgIpc) is 3.35. The fraction of sp³-hybridized carbons (Fsp3) is 0.263. The van der Waals surface area contributed by atoms with Crippen molar-refractivity contribution in [3.63, 3.8) is 0 Å². The van der Waals surface area contributed by atoms with E-state index in [0.717, 1.165) is 40.5 Å². The zero-order valence-corrected chi connectivity index (χ0v) is 15.1. The summed E-state index contributed by atoms with van der Waals surface area (Å²) in [5.74, 6) is 0.123. The molecule has 1 aliphatic heterocycles. The number of nitrogens with zero attached hydrogens (tertiary/aromatic N) is 2. The average molecular weight is 355 g/mol. The van der Waals surface area contributed by atoms with Crippen molar-refractivity contribution in [2.75, 3.05) is 6.54 Å². The molecule has 0 aliphatic carbocycles. The molecule has 1 amide bonds. The third kappa shape index (κ3) is 2.78. The molecule has 3 aromatic rings. The van der Waals surface area contributed by atoms with Crippen LogP contribution in [0.1, 0.15) is 39.8 Å². The van der Waals surface area contributed by atoms with Crippen molar-refractivity contribution in [3.8, 4) is 10.6 Å². The van der Waals surface area contributed by atoms with Crippen LogP contribution in [-0.4, -0.2) is 22.3 Å². The summed E-state index contributed by atoms with van der Waals surface area (Å²) < 4.78 is 0. The number of thiazole rings is 1. The van der Waals surface area contributed by atoms with Crippen LogP contribution in [0.5, 0.6) is 0 Å². The molecule has 0 bridgehead atoms. The predicted octanol–water partition coefficient (Wildman–Crippen LogP) is 5.16. The minimum atomic E-state index is 0.123. The fourth-order valence-corrected chi connectivity index (χ4v) is 5.00. The number of carbonyl (C=O) groups excluding carboxylic acids is 1. The number of thiophene rings is 1. The first-order valence-corrected chi connectivity index (χ1v) is 9.86. The summed E-state index contributed by atoms with van der Waals surface area (Å²) in [6, 6.07) is 12.6. The van der Waals surface area contributed by atoms with E-state index < -0.39 is 0 Å². The van der Waals surface area contributed by atoms with Crippen LogP contribution in [0.15, 0.2) is 47.2 Å². The van der Waals surface area contributed by atoms with E-state index in [2.05, 4.69) is 28.6 Å². The maximum Gasteiger partial charge on any atom is 0.266 e. The number of hydrogen-bond acceptors (Lipinski definition) is 4. The molecule has 3 heterocycles. The van der Waals surface area contributed by atoms with Crippen molar-refractivity contribution >= 4 is 28.6 Å². The highest BCUT2D eigenvalue weighted by atomic mass is 32.1. The molecule has 122 valence electrons. The number of hydrogen-bond donors (Lipinski definition) is 0. The Morgan fingerprint density at radius 2 is 2.08 bits per heavy atom. The molecule has 1 aliphatic rings. The molecule has 0 radical (unpaired) electrons. The van der Waals surface area contributed by atoms with Crippen LogP contribution in [0.4, 0.5) is 0 Å². The number of carbonyl (C=O) groups is 1. The lowest BCUT2D eigenvalue weighted by Gasteiger charge is -2.24. The second-order valence-electron chi connectivity index (χ2n) is 6.01. The van der Waals surface area contributed by atoms with Gasteiger partial charge in [0, 0.05) is 17.5 Å². The van der Waals surface area contributed by atoms with E-state index in [1.54, 1.807) is 11.3 Å². The third-order valence-corrected chi connectivity index (χ3v) is 6.33. The smallest absolute Gasteiger partial charge is 0.266 e. The van der Waals surface area contributed by atoms with E-state index >= 15 is 0 Å². The zero-order chi connectivity index (χ0) is 16.5. The van der Waals surface area contributed by atoms with Crippen LogP contribution in [0.2, 0.25) is 0 Å². The molecule has 1 unspecified atom stereocenters. The van der Waals surface area contributed by atoms with Gasteiger partial charge in [0.15, 0.2) is 0 Å². The van der Waals surface area contributed by atoms with Crippen molar-refractivity contribution in [3.05, 3.63) is 63.3 Å². The molecular weight excluding hydrogens is 336 g/mol. The van der Waals surface area contributed by atoms with Crippen LogP contribution in [0, 0.1) is 6.92 Å². The van der Waals surface area contributed by atoms with Gasteiger partial charge in [-0.2, -0.15) is 11.3 Å². The lowest BCUT2D eigenvalue weighted by molar-refractivity contribution is 0.0739. The molecule has 5 heteroatoms. The van der Waals surface area contributed by atoms with Gasteiger partial charge in [-0.05, 0) is 36.8 Å². The van der Waals surface area contributed by atoms with Crippen LogP contribution in [-0.2, 0) is 0 Å². The van der Waals surface area contributed by atoms with Gasteiger partial charge in [0.2, 0.25) is 0 Å². The lowest BCUT2D eigenvalue weighted by atomic mass is 10.0. The van der Waals surface area contributed by atoms with Crippen LogP contribution in [0.3, 0.4) is 0 Å². The van der Waals surface area contributed by atoms with Crippen molar-refractivity contribution in [1.82, 2.24) is 9.88 Å². The quantitative estimate of drug-likeness (QED) is 0.651. The molecule has 0 saturated carbocycles. The lowest BCUT2D eigenvalue weighted by Crippen LogP contribution is -2.30. The summed E-state index contributed by atoms with van der Waals surface area (Å²) in [6.45, 7) is 2.76. The Labute approximate surface area is 149 Å². The molecule has 0 spiro atoms. The van der Waals surface area contributed by atoms with Gasteiger partial charge in [-0.1, -0.05) is 30.3 Å². The van der Waals surface area contributed by atoms with Gasteiger partial charge >= 0.3 is 0 Å². The van der Waals surface area contributed by atoms with Crippen LogP contribution < -0.4 is 0 Å². The number of aryl methyl sites for hydroxylation is 1. The first-order valence-electron chi connectivity index (χ1n) is 8.10. The Balaban J connectivity index is 1.64. The molecule has 24 heavy (non-hydrogen) atoms. The van der Waals surface area contributed by atoms with Gasteiger partial charge in [-0.3, -0.25) is 4.79 Å². The highest BCUT2D eigenvalue weighted by Crippen LogP contribution is 2.36. The molecular formula is C19H18N2OS2. The Kier molecular flexibility index (Phi) is 4.21. The maximum atomic E-state index is 13.1. The van der Waals surface area contributed by atoms with Gasteiger partial charge in [0.1, 0.15) is 9.88 Å². The van der Waals surface area contributed by atoms with Crippen molar-refractivity contribution in [2.24, 2.45) is 0 Å². The molecule has 1 fully saturated rings. The summed E-state index contributed by atoms with van der Waals surface area (Å²) in [7, 11) is 0. The Morgan fingerprint density at radius 1 is 1.25 bits per heavy atom. The molecule has 0 N–H and O–H groups in total. The summed E-state index contributed by atoms with van der Waals surface area (Å²) in [5, 5.41) is 5.06. The van der Waals surface area contributed by atoms with Crippen molar-refractivity contribution in [1.29, 1.82) is 0 Å². The molecule has 1 saturated heterocycles. The summed E-state index contributed by atoms with van der Waals surface area (Å²) in [4.78, 5) is 20.6. The molecule has 1 aromatic carbocycles. The minimum Gasteiger partial charge on any atom is -0.331 e. The molecule has 1 atom stereocenters. The monoisotopic (exact) mass is 354 g/mol. The van der Waals surface area contributed by atoms with E-state index in [9.17, 15) is 4.79 Å². The van der Waals surface area contributed by atoms with Gasteiger partial charge in [-0.15, -0.1) is 11.3 Å². The van der Waals surface area contributed by atoms with E-state index in [4.69, 9.17) is 0 Å². The SMILES string of the molecule is Cc1nc(-c2ccsc2)sc1C(=O)N1CCCC1c1ccccc1. The fourth-order valence-electron chi connectivity index (χ4n) is 3.27. The van der Waals surface area contributed by atoms with Gasteiger partial charge < -0.3 is 4.90 Å². The molecule has 2 aromatic heterocycles. The highest BCUT2D eigenvalue weighted by Gasteiger charge is 2.32. The largest absolute Gasteiger partial charge is 0.331 e. The van der Waals surface area contributed by atoms with Gasteiger partial charge in [0.05, 0.1) is 11.7 Å². The normalized spacial score (nSPS) is 17.4. The van der Waals surface area contributed by atoms with E-state index in [1.165, 1.54) is 16.9 Å². The molecule has 4 rings (SSSR count). The van der Waals surface area contributed by atoms with E-state index in [0.29, 0.717) is 0 Å². The number of rotatable bonds is 3. The summed E-state index contributed by atoms with van der Waals surface area (Å²) in [6.07, 6.45) is 2.09. The first kappa shape index (κ1) is 15.5. The van der Waals surface area contributed by atoms with Crippen LogP contribution in [0.25, 0.3) is 10.6 Å². The standard InChI is InChI=1S/C19H18N2OS2/c1-13-17(24-18(20-13)15-9-11-23-12-15)19(22)21-10-5-8-16(21)14-6-3-2-4-7-14/h2-4,6-7,9,11-12,16H,5,8,10H2,1H3. The minimum absolute atomic E-state index is 0.123. The Hall–Kier alpha value is -1.98. The first-order chi connectivity index (χ1) is 11.7. The number of benzene rings is 1. The maximum absolute atomic E-state index is 13.1. The second kappa shape index (κ2) is 6.49. The number of amides is 1. The summed E-state index contributed by atoms with van der Waals surface area (Å²) >= 11 is 3.17. The van der Waals surface area contributed by atoms with Crippen molar-refractivity contribution < 1.29 is 4.79 Å². The van der Waals surface area contributed by atoms with E-state index in [1.807, 2.05) is 35.4 Å². The Morgan fingerprint density at radius 3 is 2.83 bits per heavy atom. The predicted molar refractivity (Wildman–Crippen MR) is 99.6 cm³/mol. The highest BCUT2D eigenvalue weighted by molar-refractivity contribution is 7.17. The zero-order valence-electron chi connectivity index (χ0n) is 13.4. The summed E-state index contributed by atoms with van der Waals surface area (Å²) in [5.41, 5.74) is 3.17. The van der Waals surface area contributed by atoms with E-state index in [-0.39, 0.29) is 11.9 Å². The molecule has 3 nitrogen and oxygen atoms in total. The second-order valence-corrected chi connectivity index (χ2v) is 7.79. The van der Waals surface area contributed by atoms with Crippen molar-refractivity contribution in [2.45, 2.75) is 25.8 Å². The topological polar surface area (TPSA) is 33.2 Å². The number of likely N-dealkylation sites (tertiary alicyclic amines) is 1. The van der Waals surface area contributed by atoms with Gasteiger partial charge in [0.25, 0.3) is 5.91 Å². The third-order valence-electron chi connectivity index (χ3n) is 4.46. The number of aromatic nitrogens is 1.